The number of fused-ring (bicyclic) bond motifs is 2. The molecular formula is C22H21N5O6. The fraction of sp³-hybridized carbons (Fsp3) is 0.273. The lowest BCUT2D eigenvalue weighted by Gasteiger charge is -2.07. The quantitative estimate of drug-likeness (QED) is 0.413. The van der Waals surface area contributed by atoms with Gasteiger partial charge in [0, 0.05) is 6.54 Å². The van der Waals surface area contributed by atoms with Crippen molar-refractivity contribution in [3.8, 4) is 0 Å². The SMILES string of the molecule is CCOC(=O)c1c(C)oc2nc(COC(=O)CCn3cnc4ccccc4c3=O)nc(N)c12. The molecule has 170 valence electrons. The molecule has 0 amide bonds. The van der Waals surface area contributed by atoms with Crippen molar-refractivity contribution in [2.45, 2.75) is 33.4 Å². The number of hydrogen-bond donors (Lipinski definition) is 1. The topological polar surface area (TPSA) is 152 Å². The van der Waals surface area contributed by atoms with Crippen LogP contribution in [0.2, 0.25) is 0 Å². The number of nitrogen functional groups attached to an aromatic ring is 1. The molecule has 0 radical (unpaired) electrons. The number of aromatic nitrogens is 4. The highest BCUT2D eigenvalue weighted by atomic mass is 16.5. The highest BCUT2D eigenvalue weighted by Gasteiger charge is 2.24. The van der Waals surface area contributed by atoms with E-state index in [1.807, 2.05) is 0 Å². The van der Waals surface area contributed by atoms with Crippen LogP contribution in [0.25, 0.3) is 22.0 Å². The first-order valence-electron chi connectivity index (χ1n) is 10.2. The number of hydrogen-bond acceptors (Lipinski definition) is 10. The maximum atomic E-state index is 12.5. The Morgan fingerprint density at radius 1 is 1.18 bits per heavy atom. The smallest absolute Gasteiger partial charge is 0.342 e. The van der Waals surface area contributed by atoms with Gasteiger partial charge in [-0.2, -0.15) is 4.98 Å². The van der Waals surface area contributed by atoms with Crippen molar-refractivity contribution in [1.82, 2.24) is 19.5 Å². The van der Waals surface area contributed by atoms with Gasteiger partial charge in [-0.15, -0.1) is 0 Å². The summed E-state index contributed by atoms with van der Waals surface area (Å²) in [6.45, 7) is 3.34. The van der Waals surface area contributed by atoms with Crippen molar-refractivity contribution in [3.63, 3.8) is 0 Å². The summed E-state index contributed by atoms with van der Waals surface area (Å²) in [5, 5.41) is 0.727. The van der Waals surface area contributed by atoms with Gasteiger partial charge in [0.2, 0.25) is 5.71 Å². The highest BCUT2D eigenvalue weighted by molar-refractivity contribution is 6.07. The number of anilines is 1. The Hall–Kier alpha value is -4.28. The lowest BCUT2D eigenvalue weighted by Crippen LogP contribution is -2.22. The van der Waals surface area contributed by atoms with Crippen LogP contribution < -0.4 is 11.3 Å². The van der Waals surface area contributed by atoms with Crippen LogP contribution in [0, 0.1) is 6.92 Å². The maximum Gasteiger partial charge on any atom is 0.342 e. The number of nitrogens with two attached hydrogens (primary N) is 1. The van der Waals surface area contributed by atoms with Gasteiger partial charge in [0.25, 0.3) is 5.56 Å². The van der Waals surface area contributed by atoms with Crippen molar-refractivity contribution in [1.29, 1.82) is 0 Å². The number of ether oxygens (including phenoxy) is 2. The minimum Gasteiger partial charge on any atom is -0.462 e. The predicted molar refractivity (Wildman–Crippen MR) is 117 cm³/mol. The van der Waals surface area contributed by atoms with E-state index >= 15 is 0 Å². The summed E-state index contributed by atoms with van der Waals surface area (Å²) in [5.41, 5.74) is 6.63. The van der Waals surface area contributed by atoms with Gasteiger partial charge in [-0.05, 0) is 26.0 Å². The zero-order chi connectivity index (χ0) is 23.5. The number of benzene rings is 1. The summed E-state index contributed by atoms with van der Waals surface area (Å²) in [6.07, 6.45) is 1.35. The average molecular weight is 451 g/mol. The van der Waals surface area contributed by atoms with Crippen molar-refractivity contribution >= 4 is 39.8 Å². The van der Waals surface area contributed by atoms with E-state index in [1.165, 1.54) is 10.9 Å². The molecule has 4 aromatic rings. The lowest BCUT2D eigenvalue weighted by atomic mass is 10.2. The van der Waals surface area contributed by atoms with Crippen LogP contribution in [-0.4, -0.2) is 38.1 Å². The third-order valence-corrected chi connectivity index (χ3v) is 4.93. The Balaban J connectivity index is 1.43. The average Bonchev–Trinajstić information content (AvgIpc) is 3.14. The maximum absolute atomic E-state index is 12.5. The number of nitrogens with zero attached hydrogens (tertiary/aromatic N) is 4. The molecule has 0 unspecified atom stereocenters. The van der Waals surface area contributed by atoms with E-state index in [4.69, 9.17) is 19.6 Å². The molecule has 3 heterocycles. The Labute approximate surface area is 187 Å². The van der Waals surface area contributed by atoms with Gasteiger partial charge < -0.3 is 19.6 Å². The van der Waals surface area contributed by atoms with Crippen LogP contribution in [0.3, 0.4) is 0 Å². The van der Waals surface area contributed by atoms with E-state index in [1.54, 1.807) is 38.1 Å². The highest BCUT2D eigenvalue weighted by Crippen LogP contribution is 2.29. The Morgan fingerprint density at radius 3 is 2.76 bits per heavy atom. The molecule has 11 nitrogen and oxygen atoms in total. The second-order valence-electron chi connectivity index (χ2n) is 7.13. The number of aryl methyl sites for hydroxylation is 2. The van der Waals surface area contributed by atoms with Gasteiger partial charge in [-0.25, -0.2) is 14.8 Å². The monoisotopic (exact) mass is 451 g/mol. The first-order valence-corrected chi connectivity index (χ1v) is 10.2. The van der Waals surface area contributed by atoms with Crippen LogP contribution in [0.4, 0.5) is 5.82 Å². The number of furan rings is 1. The molecule has 0 aliphatic carbocycles. The van der Waals surface area contributed by atoms with E-state index < -0.39 is 11.9 Å². The number of para-hydroxylation sites is 1. The zero-order valence-corrected chi connectivity index (χ0v) is 18.0. The van der Waals surface area contributed by atoms with Gasteiger partial charge >= 0.3 is 11.9 Å². The third-order valence-electron chi connectivity index (χ3n) is 4.93. The zero-order valence-electron chi connectivity index (χ0n) is 18.0. The molecule has 0 bridgehead atoms. The van der Waals surface area contributed by atoms with E-state index in [-0.39, 0.29) is 60.0 Å². The molecule has 0 spiro atoms. The fourth-order valence-electron chi connectivity index (χ4n) is 3.39. The molecule has 0 aliphatic heterocycles. The van der Waals surface area contributed by atoms with E-state index in [0.717, 1.165) is 0 Å². The normalized spacial score (nSPS) is 11.1. The van der Waals surface area contributed by atoms with Crippen LogP contribution in [0.1, 0.15) is 35.3 Å². The first kappa shape index (κ1) is 21.9. The number of carbonyl (C=O) groups is 2. The Morgan fingerprint density at radius 2 is 1.97 bits per heavy atom. The van der Waals surface area contributed by atoms with Crippen LogP contribution in [0.5, 0.6) is 0 Å². The summed E-state index contributed by atoms with van der Waals surface area (Å²) in [7, 11) is 0. The molecule has 3 aromatic heterocycles. The van der Waals surface area contributed by atoms with Crippen LogP contribution >= 0.6 is 0 Å². The number of rotatable bonds is 7. The largest absolute Gasteiger partial charge is 0.462 e. The predicted octanol–water partition coefficient (Wildman–Crippen LogP) is 2.13. The van der Waals surface area contributed by atoms with Gasteiger partial charge in [0.1, 0.15) is 17.1 Å². The molecule has 0 fully saturated rings. The molecule has 0 saturated carbocycles. The van der Waals surface area contributed by atoms with Crippen LogP contribution in [0.15, 0.2) is 39.8 Å². The molecule has 1 aromatic carbocycles. The van der Waals surface area contributed by atoms with Crippen LogP contribution in [-0.2, 0) is 27.4 Å². The van der Waals surface area contributed by atoms with E-state index in [9.17, 15) is 14.4 Å². The summed E-state index contributed by atoms with van der Waals surface area (Å²) < 4.78 is 17.1. The molecular weight excluding hydrogens is 430 g/mol. The van der Waals surface area contributed by atoms with Gasteiger partial charge in [0.15, 0.2) is 12.4 Å². The van der Waals surface area contributed by atoms with Crippen molar-refractivity contribution in [2.24, 2.45) is 0 Å². The second kappa shape index (κ2) is 9.07. The molecule has 0 saturated heterocycles. The summed E-state index contributed by atoms with van der Waals surface area (Å²) >= 11 is 0. The fourth-order valence-corrected chi connectivity index (χ4v) is 3.39. The van der Waals surface area contributed by atoms with Crippen molar-refractivity contribution in [2.75, 3.05) is 12.3 Å². The van der Waals surface area contributed by atoms with Crippen molar-refractivity contribution in [3.05, 3.63) is 58.1 Å². The standard InChI is InChI=1S/C22H21N5O6/c1-3-31-22(30)17-12(2)33-20-18(17)19(23)25-15(26-20)10-32-16(28)8-9-27-11-24-14-7-5-4-6-13(14)21(27)29/h4-7,11H,3,8-10H2,1-2H3,(H2,23,25,26). The summed E-state index contributed by atoms with van der Waals surface area (Å²) in [4.78, 5) is 49.4. The summed E-state index contributed by atoms with van der Waals surface area (Å²) in [5.74, 6) is -0.711. The molecule has 33 heavy (non-hydrogen) atoms. The van der Waals surface area contributed by atoms with E-state index in [0.29, 0.717) is 16.7 Å². The number of esters is 2. The second-order valence-corrected chi connectivity index (χ2v) is 7.13. The lowest BCUT2D eigenvalue weighted by molar-refractivity contribution is -0.145. The van der Waals surface area contributed by atoms with E-state index in [2.05, 4.69) is 15.0 Å². The minimum atomic E-state index is -0.582. The minimum absolute atomic E-state index is 0.0137. The molecule has 11 heteroatoms. The number of carbonyl (C=O) groups excluding carboxylic acids is 2. The molecule has 0 atom stereocenters. The molecule has 4 rings (SSSR count). The molecule has 0 aliphatic rings. The summed E-state index contributed by atoms with van der Waals surface area (Å²) in [6, 6.07) is 6.97. The first-order chi connectivity index (χ1) is 15.9. The van der Waals surface area contributed by atoms with Gasteiger partial charge in [-0.3, -0.25) is 14.2 Å². The Bertz CT molecular complexity index is 1420. The van der Waals surface area contributed by atoms with Crippen molar-refractivity contribution < 1.29 is 23.5 Å². The Kier molecular flexibility index (Phi) is 6.03. The van der Waals surface area contributed by atoms with Gasteiger partial charge in [0.05, 0.1) is 35.6 Å². The van der Waals surface area contributed by atoms with Gasteiger partial charge in [-0.1, -0.05) is 12.1 Å². The molecule has 2 N–H and O–H groups in total. The third kappa shape index (κ3) is 4.38.